The van der Waals surface area contributed by atoms with Crippen LogP contribution in [0.25, 0.3) is 0 Å². The summed E-state index contributed by atoms with van der Waals surface area (Å²) in [7, 11) is 0. The molecule has 2 heterocycles. The minimum absolute atomic E-state index is 0.174. The minimum Gasteiger partial charge on any atom is -0.444 e. The van der Waals surface area contributed by atoms with Crippen LogP contribution in [0.5, 0.6) is 0 Å². The molecular formula is C17H33N3O2S. The molecule has 134 valence electrons. The number of hydrogen-bond donors (Lipinski definition) is 1. The Balaban J connectivity index is 1.55. The molecule has 2 rings (SSSR count). The second-order valence-corrected chi connectivity index (χ2v) is 9.16. The first-order valence-electron chi connectivity index (χ1n) is 8.89. The molecule has 0 saturated carbocycles. The lowest BCUT2D eigenvalue weighted by Crippen LogP contribution is -2.50. The quantitative estimate of drug-likeness (QED) is 0.777. The molecule has 1 amide bonds. The number of carbonyl (C=O) groups excluding carboxylic acids is 1. The summed E-state index contributed by atoms with van der Waals surface area (Å²) in [6.07, 6.45) is 2.31. The van der Waals surface area contributed by atoms with Gasteiger partial charge in [-0.25, -0.2) is 4.79 Å². The van der Waals surface area contributed by atoms with Crippen LogP contribution in [0.15, 0.2) is 0 Å². The standard InChI is InChI=1S/C17H33N3O2S/c1-14-12-15(13-23-14)18-6-5-7-19-8-10-20(11-9-19)16(21)22-17(2,3)4/h14-15,18H,5-13H2,1-4H3. The van der Waals surface area contributed by atoms with Gasteiger partial charge in [0, 0.05) is 43.2 Å². The molecule has 1 N–H and O–H groups in total. The number of nitrogens with one attached hydrogen (secondary N) is 1. The highest BCUT2D eigenvalue weighted by Gasteiger charge is 2.25. The van der Waals surface area contributed by atoms with Crippen LogP contribution in [0.1, 0.15) is 40.5 Å². The average molecular weight is 344 g/mol. The van der Waals surface area contributed by atoms with Crippen molar-refractivity contribution in [2.75, 3.05) is 45.0 Å². The second kappa shape index (κ2) is 8.58. The van der Waals surface area contributed by atoms with Crippen molar-refractivity contribution < 1.29 is 9.53 Å². The summed E-state index contributed by atoms with van der Waals surface area (Å²) in [6, 6.07) is 0.707. The highest BCUT2D eigenvalue weighted by molar-refractivity contribution is 8.00. The van der Waals surface area contributed by atoms with E-state index in [0.717, 1.165) is 44.5 Å². The molecule has 2 atom stereocenters. The van der Waals surface area contributed by atoms with Gasteiger partial charge < -0.3 is 15.0 Å². The Bertz CT molecular complexity index is 379. The summed E-state index contributed by atoms with van der Waals surface area (Å²) < 4.78 is 5.43. The lowest BCUT2D eigenvalue weighted by atomic mass is 10.2. The maximum Gasteiger partial charge on any atom is 0.410 e. The molecular weight excluding hydrogens is 310 g/mol. The topological polar surface area (TPSA) is 44.8 Å². The van der Waals surface area contributed by atoms with Crippen molar-refractivity contribution in [3.05, 3.63) is 0 Å². The molecule has 0 radical (unpaired) electrons. The van der Waals surface area contributed by atoms with Gasteiger partial charge in [0.25, 0.3) is 0 Å². The van der Waals surface area contributed by atoms with Crippen molar-refractivity contribution in [3.63, 3.8) is 0 Å². The van der Waals surface area contributed by atoms with Gasteiger partial charge in [0.05, 0.1) is 0 Å². The summed E-state index contributed by atoms with van der Waals surface area (Å²) in [5.41, 5.74) is -0.407. The van der Waals surface area contributed by atoms with Gasteiger partial charge in [-0.3, -0.25) is 4.90 Å². The van der Waals surface area contributed by atoms with Crippen LogP contribution in [-0.2, 0) is 4.74 Å². The first-order valence-corrected chi connectivity index (χ1v) is 9.93. The number of ether oxygens (including phenoxy) is 1. The molecule has 0 aromatic heterocycles. The van der Waals surface area contributed by atoms with Gasteiger partial charge in [-0.05, 0) is 46.7 Å². The number of rotatable bonds is 5. The van der Waals surface area contributed by atoms with Crippen molar-refractivity contribution in [1.29, 1.82) is 0 Å². The van der Waals surface area contributed by atoms with Crippen molar-refractivity contribution in [2.24, 2.45) is 0 Å². The fourth-order valence-corrected chi connectivity index (χ4v) is 4.23. The number of thioether (sulfide) groups is 1. The zero-order chi connectivity index (χ0) is 16.9. The minimum atomic E-state index is -0.407. The maximum absolute atomic E-state index is 12.0. The highest BCUT2D eigenvalue weighted by atomic mass is 32.2. The van der Waals surface area contributed by atoms with E-state index in [2.05, 4.69) is 28.9 Å². The number of amides is 1. The van der Waals surface area contributed by atoms with Gasteiger partial charge in [-0.15, -0.1) is 0 Å². The van der Waals surface area contributed by atoms with Crippen molar-refractivity contribution >= 4 is 17.9 Å². The Hall–Kier alpha value is -0.460. The van der Waals surface area contributed by atoms with Crippen LogP contribution in [0.4, 0.5) is 4.79 Å². The predicted molar refractivity (Wildman–Crippen MR) is 97.2 cm³/mol. The zero-order valence-electron chi connectivity index (χ0n) is 15.1. The normalized spacial score (nSPS) is 26.5. The van der Waals surface area contributed by atoms with Crippen LogP contribution in [-0.4, -0.2) is 77.8 Å². The Morgan fingerprint density at radius 3 is 2.52 bits per heavy atom. The summed E-state index contributed by atoms with van der Waals surface area (Å²) in [6.45, 7) is 13.7. The molecule has 0 bridgehead atoms. The molecule has 23 heavy (non-hydrogen) atoms. The van der Waals surface area contributed by atoms with Gasteiger partial charge >= 0.3 is 6.09 Å². The Morgan fingerprint density at radius 2 is 1.96 bits per heavy atom. The molecule has 2 unspecified atom stereocenters. The number of nitrogens with zero attached hydrogens (tertiary/aromatic N) is 2. The molecule has 2 aliphatic rings. The predicted octanol–water partition coefficient (Wildman–Crippen LogP) is 2.41. The summed E-state index contributed by atoms with van der Waals surface area (Å²) in [5.74, 6) is 1.26. The number of carbonyl (C=O) groups is 1. The molecule has 0 aromatic carbocycles. The monoisotopic (exact) mass is 343 g/mol. The molecule has 0 aliphatic carbocycles. The van der Waals surface area contributed by atoms with Crippen molar-refractivity contribution in [3.8, 4) is 0 Å². The van der Waals surface area contributed by atoms with E-state index in [-0.39, 0.29) is 6.09 Å². The summed E-state index contributed by atoms with van der Waals surface area (Å²) in [5, 5.41) is 4.49. The van der Waals surface area contributed by atoms with E-state index in [0.29, 0.717) is 6.04 Å². The number of hydrogen-bond acceptors (Lipinski definition) is 5. The lowest BCUT2D eigenvalue weighted by Gasteiger charge is -2.35. The van der Waals surface area contributed by atoms with E-state index >= 15 is 0 Å². The SMILES string of the molecule is CC1CC(NCCCN2CCN(C(=O)OC(C)(C)C)CC2)CS1. The average Bonchev–Trinajstić information content (AvgIpc) is 2.88. The van der Waals surface area contributed by atoms with Crippen molar-refractivity contribution in [2.45, 2.75) is 57.4 Å². The molecule has 2 fully saturated rings. The van der Waals surface area contributed by atoms with Gasteiger partial charge in [-0.2, -0.15) is 11.8 Å². The Labute approximate surface area is 145 Å². The maximum atomic E-state index is 12.0. The molecule has 0 spiro atoms. The van der Waals surface area contributed by atoms with Crippen LogP contribution in [0.3, 0.4) is 0 Å². The van der Waals surface area contributed by atoms with Gasteiger partial charge in [-0.1, -0.05) is 6.92 Å². The third kappa shape index (κ3) is 6.89. The van der Waals surface area contributed by atoms with E-state index in [4.69, 9.17) is 4.74 Å². The first kappa shape index (κ1) is 18.9. The summed E-state index contributed by atoms with van der Waals surface area (Å²) in [4.78, 5) is 16.3. The first-order chi connectivity index (χ1) is 10.8. The fraction of sp³-hybridized carbons (Fsp3) is 0.941. The Kier molecular flexibility index (Phi) is 7.04. The van der Waals surface area contributed by atoms with Crippen LogP contribution >= 0.6 is 11.8 Å². The third-order valence-corrected chi connectivity index (χ3v) is 5.66. The third-order valence-electron chi connectivity index (χ3n) is 4.31. The van der Waals surface area contributed by atoms with Crippen LogP contribution < -0.4 is 5.32 Å². The Morgan fingerprint density at radius 1 is 1.26 bits per heavy atom. The van der Waals surface area contributed by atoms with Crippen LogP contribution in [0, 0.1) is 0 Å². The smallest absolute Gasteiger partial charge is 0.410 e. The van der Waals surface area contributed by atoms with Crippen LogP contribution in [0.2, 0.25) is 0 Å². The lowest BCUT2D eigenvalue weighted by molar-refractivity contribution is 0.0144. The number of piperazine rings is 1. The van der Waals surface area contributed by atoms with Gasteiger partial charge in [0.15, 0.2) is 0 Å². The van der Waals surface area contributed by atoms with Crippen molar-refractivity contribution in [1.82, 2.24) is 15.1 Å². The largest absolute Gasteiger partial charge is 0.444 e. The highest BCUT2D eigenvalue weighted by Crippen LogP contribution is 2.25. The zero-order valence-corrected chi connectivity index (χ0v) is 16.0. The van der Waals surface area contributed by atoms with Gasteiger partial charge in [0.2, 0.25) is 0 Å². The van der Waals surface area contributed by atoms with Gasteiger partial charge in [0.1, 0.15) is 5.60 Å². The van der Waals surface area contributed by atoms with E-state index in [9.17, 15) is 4.79 Å². The van der Waals surface area contributed by atoms with E-state index in [1.165, 1.54) is 18.6 Å². The molecule has 0 aromatic rings. The molecule has 2 aliphatic heterocycles. The molecule has 2 saturated heterocycles. The second-order valence-electron chi connectivity index (χ2n) is 7.69. The van der Waals surface area contributed by atoms with E-state index in [1.54, 1.807) is 0 Å². The molecule has 5 nitrogen and oxygen atoms in total. The summed E-state index contributed by atoms with van der Waals surface area (Å²) >= 11 is 2.08. The molecule has 6 heteroatoms. The van der Waals surface area contributed by atoms with E-state index in [1.807, 2.05) is 25.7 Å². The fourth-order valence-electron chi connectivity index (χ4n) is 3.05. The van der Waals surface area contributed by atoms with E-state index < -0.39 is 5.60 Å².